The number of aryl methyl sites for hydroxylation is 1. The Balaban J connectivity index is 2.26. The SMILES string of the molecule is CCc1[nH]nc2c1C(c1cc(Br)c(OC)c(OC)c1)C(C#N)=C(N)O2. The number of allylic oxidation sites excluding steroid dienone is 1. The predicted octanol–water partition coefficient (Wildman–Crippen LogP) is 2.97. The van der Waals surface area contributed by atoms with Gasteiger partial charge in [-0.1, -0.05) is 6.92 Å². The first-order valence-electron chi connectivity index (χ1n) is 7.61. The molecule has 0 bridgehead atoms. The highest BCUT2D eigenvalue weighted by Crippen LogP contribution is 2.46. The van der Waals surface area contributed by atoms with Gasteiger partial charge in [-0.3, -0.25) is 5.10 Å². The van der Waals surface area contributed by atoms with Gasteiger partial charge in [-0.25, -0.2) is 0 Å². The molecule has 0 saturated heterocycles. The van der Waals surface area contributed by atoms with Crippen molar-refractivity contribution in [3.8, 4) is 23.4 Å². The van der Waals surface area contributed by atoms with Crippen molar-refractivity contribution < 1.29 is 14.2 Å². The van der Waals surface area contributed by atoms with Crippen molar-refractivity contribution in [3.05, 3.63) is 44.9 Å². The Morgan fingerprint density at radius 3 is 2.76 bits per heavy atom. The summed E-state index contributed by atoms with van der Waals surface area (Å²) in [5.41, 5.74) is 8.83. The Morgan fingerprint density at radius 2 is 2.16 bits per heavy atom. The van der Waals surface area contributed by atoms with E-state index in [0.717, 1.165) is 27.7 Å². The van der Waals surface area contributed by atoms with E-state index in [-0.39, 0.29) is 5.88 Å². The van der Waals surface area contributed by atoms with Crippen LogP contribution in [0.3, 0.4) is 0 Å². The van der Waals surface area contributed by atoms with Crippen LogP contribution in [0.5, 0.6) is 17.4 Å². The van der Waals surface area contributed by atoms with Crippen LogP contribution in [0.4, 0.5) is 0 Å². The van der Waals surface area contributed by atoms with E-state index in [1.165, 1.54) is 0 Å². The lowest BCUT2D eigenvalue weighted by molar-refractivity contribution is 0.352. The Bertz CT molecular complexity index is 898. The molecular formula is C17H17BrN4O3. The summed E-state index contributed by atoms with van der Waals surface area (Å²) in [5, 5.41) is 16.8. The number of aromatic nitrogens is 2. The van der Waals surface area contributed by atoms with Gasteiger partial charge in [0.05, 0.1) is 24.6 Å². The lowest BCUT2D eigenvalue weighted by Crippen LogP contribution is -2.21. The van der Waals surface area contributed by atoms with Crippen LogP contribution in [0.15, 0.2) is 28.1 Å². The zero-order valence-corrected chi connectivity index (χ0v) is 15.6. The summed E-state index contributed by atoms with van der Waals surface area (Å²) in [6.07, 6.45) is 0.718. The standard InChI is InChI=1S/C17H17BrN4O3/c1-4-11-14-13(9(7-19)16(20)25-17(14)22-21-11)8-5-10(18)15(24-3)12(6-8)23-2/h5-6,13H,4,20H2,1-3H3,(H,21,22). The molecule has 0 fully saturated rings. The number of ether oxygens (including phenoxy) is 3. The van der Waals surface area contributed by atoms with E-state index in [1.807, 2.05) is 19.1 Å². The first kappa shape index (κ1) is 17.2. The van der Waals surface area contributed by atoms with Crippen LogP contribution in [0.2, 0.25) is 0 Å². The molecule has 1 aromatic heterocycles. The first-order valence-corrected chi connectivity index (χ1v) is 8.41. The summed E-state index contributed by atoms with van der Waals surface area (Å²) in [6.45, 7) is 2.00. The largest absolute Gasteiger partial charge is 0.493 e. The average Bonchev–Trinajstić information content (AvgIpc) is 3.01. The summed E-state index contributed by atoms with van der Waals surface area (Å²) in [7, 11) is 3.13. The third-order valence-corrected chi connectivity index (χ3v) is 4.75. The number of rotatable bonds is 4. The van der Waals surface area contributed by atoms with Crippen LogP contribution in [0, 0.1) is 11.3 Å². The van der Waals surface area contributed by atoms with Crippen molar-refractivity contribution in [2.75, 3.05) is 14.2 Å². The quantitative estimate of drug-likeness (QED) is 0.810. The van der Waals surface area contributed by atoms with Crippen molar-refractivity contribution in [2.45, 2.75) is 19.3 Å². The van der Waals surface area contributed by atoms with Gasteiger partial charge in [0.15, 0.2) is 11.5 Å². The van der Waals surface area contributed by atoms with Crippen LogP contribution < -0.4 is 19.9 Å². The maximum Gasteiger partial charge on any atom is 0.244 e. The minimum absolute atomic E-state index is 0.0556. The van der Waals surface area contributed by atoms with E-state index in [2.05, 4.69) is 32.2 Å². The molecule has 1 aromatic carbocycles. The first-order chi connectivity index (χ1) is 12.0. The zero-order valence-electron chi connectivity index (χ0n) is 14.0. The smallest absolute Gasteiger partial charge is 0.244 e. The highest BCUT2D eigenvalue weighted by molar-refractivity contribution is 9.10. The molecule has 2 heterocycles. The van der Waals surface area contributed by atoms with E-state index in [1.54, 1.807) is 14.2 Å². The molecule has 0 saturated carbocycles. The van der Waals surface area contributed by atoms with E-state index in [0.29, 0.717) is 23.0 Å². The summed E-state index contributed by atoms with van der Waals surface area (Å²) in [5.74, 6) is 1.18. The van der Waals surface area contributed by atoms with Gasteiger partial charge < -0.3 is 19.9 Å². The summed E-state index contributed by atoms with van der Waals surface area (Å²) < 4.78 is 17.0. The molecule has 1 unspecified atom stereocenters. The molecule has 7 nitrogen and oxygen atoms in total. The number of hydrogen-bond donors (Lipinski definition) is 2. The third kappa shape index (κ3) is 2.70. The molecule has 0 aliphatic carbocycles. The van der Waals surface area contributed by atoms with Crippen LogP contribution in [-0.2, 0) is 6.42 Å². The summed E-state index contributed by atoms with van der Waals surface area (Å²) >= 11 is 3.50. The fraction of sp³-hybridized carbons (Fsp3) is 0.294. The molecule has 8 heteroatoms. The van der Waals surface area contributed by atoms with Gasteiger partial charge in [0.2, 0.25) is 11.8 Å². The number of halogens is 1. The van der Waals surface area contributed by atoms with Gasteiger partial charge in [-0.2, -0.15) is 5.26 Å². The monoisotopic (exact) mass is 404 g/mol. The second-order valence-corrected chi connectivity index (χ2v) is 6.29. The molecule has 1 aliphatic rings. The second kappa shape index (κ2) is 6.69. The number of fused-ring (bicyclic) bond motifs is 1. The minimum Gasteiger partial charge on any atom is -0.493 e. The average molecular weight is 405 g/mol. The number of nitrogens with zero attached hydrogens (tertiary/aromatic N) is 2. The van der Waals surface area contributed by atoms with Crippen molar-refractivity contribution in [1.82, 2.24) is 10.2 Å². The molecule has 3 N–H and O–H groups in total. The maximum absolute atomic E-state index is 9.65. The van der Waals surface area contributed by atoms with Crippen LogP contribution >= 0.6 is 15.9 Å². The number of aromatic amines is 1. The normalized spacial score (nSPS) is 16.0. The molecule has 0 spiro atoms. The summed E-state index contributed by atoms with van der Waals surface area (Å²) in [4.78, 5) is 0. The van der Waals surface area contributed by atoms with Gasteiger partial charge >= 0.3 is 0 Å². The molecule has 130 valence electrons. The van der Waals surface area contributed by atoms with E-state index in [9.17, 15) is 5.26 Å². The molecule has 0 radical (unpaired) electrons. The van der Waals surface area contributed by atoms with Crippen LogP contribution in [0.25, 0.3) is 0 Å². The maximum atomic E-state index is 9.65. The molecule has 1 atom stereocenters. The van der Waals surface area contributed by atoms with Crippen LogP contribution in [0.1, 0.15) is 29.7 Å². The van der Waals surface area contributed by atoms with E-state index < -0.39 is 5.92 Å². The number of benzene rings is 1. The van der Waals surface area contributed by atoms with Crippen molar-refractivity contribution in [2.24, 2.45) is 5.73 Å². The topological polar surface area (TPSA) is 106 Å². The van der Waals surface area contributed by atoms with Crippen molar-refractivity contribution in [1.29, 1.82) is 5.26 Å². The Labute approximate surface area is 153 Å². The van der Waals surface area contributed by atoms with E-state index >= 15 is 0 Å². The molecule has 25 heavy (non-hydrogen) atoms. The number of methoxy groups -OCH3 is 2. The molecule has 2 aromatic rings. The highest BCUT2D eigenvalue weighted by atomic mass is 79.9. The van der Waals surface area contributed by atoms with Gasteiger partial charge in [0.1, 0.15) is 11.6 Å². The number of nitrogens with two attached hydrogens (primary N) is 1. The van der Waals surface area contributed by atoms with Crippen LogP contribution in [-0.4, -0.2) is 24.4 Å². The Kier molecular flexibility index (Phi) is 4.59. The fourth-order valence-electron chi connectivity index (χ4n) is 3.02. The highest BCUT2D eigenvalue weighted by Gasteiger charge is 2.35. The zero-order chi connectivity index (χ0) is 18.1. The molecule has 0 amide bonds. The van der Waals surface area contributed by atoms with Crippen molar-refractivity contribution >= 4 is 15.9 Å². The van der Waals surface area contributed by atoms with E-state index in [4.69, 9.17) is 19.9 Å². The van der Waals surface area contributed by atoms with Gasteiger partial charge in [0.25, 0.3) is 0 Å². The molecular weight excluding hydrogens is 388 g/mol. The third-order valence-electron chi connectivity index (χ3n) is 4.16. The minimum atomic E-state index is -0.404. The number of H-pyrrole nitrogens is 1. The summed E-state index contributed by atoms with van der Waals surface area (Å²) in [6, 6.07) is 5.89. The Hall–Kier alpha value is -2.66. The van der Waals surface area contributed by atoms with Gasteiger partial charge in [-0.05, 0) is 40.0 Å². The lowest BCUT2D eigenvalue weighted by Gasteiger charge is -2.25. The van der Waals surface area contributed by atoms with Gasteiger partial charge in [0, 0.05) is 11.3 Å². The lowest BCUT2D eigenvalue weighted by atomic mass is 9.83. The number of nitrogens with one attached hydrogen (secondary N) is 1. The van der Waals surface area contributed by atoms with Gasteiger partial charge in [-0.15, -0.1) is 5.10 Å². The predicted molar refractivity (Wildman–Crippen MR) is 94.5 cm³/mol. The Morgan fingerprint density at radius 1 is 1.40 bits per heavy atom. The fourth-order valence-corrected chi connectivity index (χ4v) is 3.64. The molecule has 1 aliphatic heterocycles. The van der Waals surface area contributed by atoms with Crippen molar-refractivity contribution in [3.63, 3.8) is 0 Å². The number of nitriles is 1. The number of hydrogen-bond acceptors (Lipinski definition) is 6. The molecule has 3 rings (SSSR count). The second-order valence-electron chi connectivity index (χ2n) is 5.44.